The van der Waals surface area contributed by atoms with Gasteiger partial charge in [-0.25, -0.2) is 9.59 Å². The molecule has 0 bridgehead atoms. The highest BCUT2D eigenvalue weighted by Crippen LogP contribution is 2.28. The Morgan fingerprint density at radius 2 is 2.17 bits per heavy atom. The average molecular weight is 258 g/mol. The summed E-state index contributed by atoms with van der Waals surface area (Å²) in [4.78, 5) is 22.0. The number of rotatable bonds is 9. The van der Waals surface area contributed by atoms with Crippen LogP contribution in [0.25, 0.3) is 0 Å². The van der Waals surface area contributed by atoms with Crippen molar-refractivity contribution in [2.24, 2.45) is 5.92 Å². The molecular formula is C12H22N2O4. The molecule has 18 heavy (non-hydrogen) atoms. The molecular weight excluding hydrogens is 236 g/mol. The second-order valence-corrected chi connectivity index (χ2v) is 4.57. The number of urea groups is 1. The van der Waals surface area contributed by atoms with Crippen LogP contribution >= 0.6 is 0 Å². The fourth-order valence-electron chi connectivity index (χ4n) is 1.46. The Hall–Kier alpha value is -1.30. The molecule has 0 saturated heterocycles. The van der Waals surface area contributed by atoms with E-state index in [0.29, 0.717) is 19.6 Å². The summed E-state index contributed by atoms with van der Waals surface area (Å²) in [5.41, 5.74) is 0. The van der Waals surface area contributed by atoms with E-state index in [9.17, 15) is 9.59 Å². The van der Waals surface area contributed by atoms with Crippen molar-refractivity contribution < 1.29 is 19.4 Å². The van der Waals surface area contributed by atoms with E-state index >= 15 is 0 Å². The van der Waals surface area contributed by atoms with Gasteiger partial charge >= 0.3 is 12.0 Å². The van der Waals surface area contributed by atoms with E-state index in [1.165, 1.54) is 12.8 Å². The highest BCUT2D eigenvalue weighted by atomic mass is 16.5. The molecule has 0 aromatic heterocycles. The molecule has 1 atom stereocenters. The van der Waals surface area contributed by atoms with Gasteiger partial charge < -0.3 is 20.5 Å². The van der Waals surface area contributed by atoms with Crippen molar-refractivity contribution in [2.45, 2.75) is 38.6 Å². The largest absolute Gasteiger partial charge is 0.480 e. The molecule has 1 unspecified atom stereocenters. The molecule has 6 heteroatoms. The van der Waals surface area contributed by atoms with Crippen molar-refractivity contribution in [3.63, 3.8) is 0 Å². The van der Waals surface area contributed by atoms with E-state index in [2.05, 4.69) is 10.6 Å². The van der Waals surface area contributed by atoms with Crippen molar-refractivity contribution in [3.05, 3.63) is 0 Å². The minimum Gasteiger partial charge on any atom is -0.480 e. The van der Waals surface area contributed by atoms with E-state index in [-0.39, 0.29) is 0 Å². The predicted molar refractivity (Wildman–Crippen MR) is 66.4 cm³/mol. The summed E-state index contributed by atoms with van der Waals surface area (Å²) in [6.07, 6.45) is 3.65. The van der Waals surface area contributed by atoms with Crippen LogP contribution in [0, 0.1) is 5.92 Å². The molecule has 1 aliphatic rings. The quantitative estimate of drug-likeness (QED) is 0.538. The summed E-state index contributed by atoms with van der Waals surface area (Å²) in [5, 5.41) is 13.8. The van der Waals surface area contributed by atoms with Gasteiger partial charge in [0.25, 0.3) is 0 Å². The second-order valence-electron chi connectivity index (χ2n) is 4.57. The number of hydrogen-bond donors (Lipinski definition) is 3. The normalized spacial score (nSPS) is 16.1. The van der Waals surface area contributed by atoms with Crippen LogP contribution in [-0.2, 0) is 9.53 Å². The minimum atomic E-state index is -1.01. The molecule has 0 spiro atoms. The van der Waals surface area contributed by atoms with Gasteiger partial charge in [0, 0.05) is 19.8 Å². The maximum absolute atomic E-state index is 11.3. The second kappa shape index (κ2) is 7.92. The number of carbonyl (C=O) groups is 2. The van der Waals surface area contributed by atoms with Gasteiger partial charge in [0.15, 0.2) is 0 Å². The number of carboxylic acids is 1. The average Bonchev–Trinajstić information content (AvgIpc) is 3.14. The molecule has 0 radical (unpaired) electrons. The minimum absolute atomic E-state index is 0.368. The molecule has 1 aliphatic carbocycles. The molecule has 1 fully saturated rings. The molecule has 1 saturated carbocycles. The Morgan fingerprint density at radius 3 is 2.72 bits per heavy atom. The fourth-order valence-corrected chi connectivity index (χ4v) is 1.46. The van der Waals surface area contributed by atoms with E-state index in [4.69, 9.17) is 9.84 Å². The lowest BCUT2D eigenvalue weighted by Gasteiger charge is -2.13. The highest BCUT2D eigenvalue weighted by molar-refractivity contribution is 5.82. The van der Waals surface area contributed by atoms with E-state index in [1.54, 1.807) is 6.92 Å². The zero-order valence-electron chi connectivity index (χ0n) is 10.8. The van der Waals surface area contributed by atoms with Crippen LogP contribution in [-0.4, -0.2) is 42.9 Å². The van der Waals surface area contributed by atoms with Gasteiger partial charge in [0.05, 0.1) is 0 Å². The Labute approximate surface area is 107 Å². The maximum Gasteiger partial charge on any atom is 0.326 e. The summed E-state index contributed by atoms with van der Waals surface area (Å²) in [6, 6.07) is -1.26. The number of hydrogen-bond acceptors (Lipinski definition) is 3. The van der Waals surface area contributed by atoms with Crippen LogP contribution in [0.3, 0.4) is 0 Å². The number of carboxylic acid groups (broad SMARTS) is 1. The Balaban J connectivity index is 1.96. The highest BCUT2D eigenvalue weighted by Gasteiger charge is 2.21. The van der Waals surface area contributed by atoms with Gasteiger partial charge in [0.1, 0.15) is 6.04 Å². The third-order valence-corrected chi connectivity index (χ3v) is 2.81. The molecule has 104 valence electrons. The number of amides is 2. The SMILES string of the molecule is CCC(NC(=O)NCCCOCC1CC1)C(=O)O. The molecule has 0 aromatic carbocycles. The van der Waals surface area contributed by atoms with Gasteiger partial charge in [-0.1, -0.05) is 6.92 Å². The monoisotopic (exact) mass is 258 g/mol. The van der Waals surface area contributed by atoms with E-state index in [0.717, 1.165) is 18.9 Å². The topological polar surface area (TPSA) is 87.7 Å². The predicted octanol–water partition coefficient (Wildman–Crippen LogP) is 0.965. The van der Waals surface area contributed by atoms with Gasteiger partial charge in [-0.05, 0) is 31.6 Å². The van der Waals surface area contributed by atoms with Crippen LogP contribution in [0.5, 0.6) is 0 Å². The van der Waals surface area contributed by atoms with Gasteiger partial charge in [-0.15, -0.1) is 0 Å². The van der Waals surface area contributed by atoms with Crippen LogP contribution in [0.4, 0.5) is 4.79 Å². The Morgan fingerprint density at radius 1 is 1.44 bits per heavy atom. The lowest BCUT2D eigenvalue weighted by Crippen LogP contribution is -2.45. The van der Waals surface area contributed by atoms with Crippen LogP contribution in [0.2, 0.25) is 0 Å². The van der Waals surface area contributed by atoms with Crippen LogP contribution in [0.15, 0.2) is 0 Å². The number of ether oxygens (including phenoxy) is 1. The molecule has 6 nitrogen and oxygen atoms in total. The molecule has 2 amide bonds. The Kier molecular flexibility index (Phi) is 6.49. The molecule has 3 N–H and O–H groups in total. The third-order valence-electron chi connectivity index (χ3n) is 2.81. The first kappa shape index (κ1) is 14.8. The van der Waals surface area contributed by atoms with Gasteiger partial charge in [-0.2, -0.15) is 0 Å². The first-order valence-corrected chi connectivity index (χ1v) is 6.48. The van der Waals surface area contributed by atoms with Gasteiger partial charge in [0.2, 0.25) is 0 Å². The summed E-state index contributed by atoms with van der Waals surface area (Å²) in [7, 11) is 0. The first-order valence-electron chi connectivity index (χ1n) is 6.48. The lowest BCUT2D eigenvalue weighted by molar-refractivity contribution is -0.139. The summed E-state index contributed by atoms with van der Waals surface area (Å²) >= 11 is 0. The fraction of sp³-hybridized carbons (Fsp3) is 0.833. The lowest BCUT2D eigenvalue weighted by atomic mass is 10.2. The molecule has 0 aliphatic heterocycles. The summed E-state index contributed by atoms with van der Waals surface area (Å²) < 4.78 is 5.41. The maximum atomic E-state index is 11.3. The van der Waals surface area contributed by atoms with Crippen LogP contribution < -0.4 is 10.6 Å². The smallest absolute Gasteiger partial charge is 0.326 e. The van der Waals surface area contributed by atoms with E-state index in [1.807, 2.05) is 0 Å². The van der Waals surface area contributed by atoms with Crippen molar-refractivity contribution in [1.29, 1.82) is 0 Å². The number of nitrogens with one attached hydrogen (secondary N) is 2. The molecule has 0 heterocycles. The zero-order valence-corrected chi connectivity index (χ0v) is 10.8. The van der Waals surface area contributed by atoms with Crippen molar-refractivity contribution >= 4 is 12.0 Å². The number of aliphatic carboxylic acids is 1. The van der Waals surface area contributed by atoms with Gasteiger partial charge in [-0.3, -0.25) is 0 Å². The van der Waals surface area contributed by atoms with Crippen molar-refractivity contribution in [3.8, 4) is 0 Å². The standard InChI is InChI=1S/C12H22N2O4/c1-2-10(11(15)16)14-12(17)13-6-3-7-18-8-9-4-5-9/h9-10H,2-8H2,1H3,(H,15,16)(H2,13,14,17). The van der Waals surface area contributed by atoms with Crippen LogP contribution in [0.1, 0.15) is 32.6 Å². The van der Waals surface area contributed by atoms with Crippen molar-refractivity contribution in [2.75, 3.05) is 19.8 Å². The first-order chi connectivity index (χ1) is 8.63. The molecule has 0 aromatic rings. The number of carbonyl (C=O) groups excluding carboxylic acids is 1. The third kappa shape index (κ3) is 6.44. The Bertz CT molecular complexity index is 279. The molecule has 1 rings (SSSR count). The van der Waals surface area contributed by atoms with Crippen molar-refractivity contribution in [1.82, 2.24) is 10.6 Å². The zero-order chi connectivity index (χ0) is 13.4. The summed E-state index contributed by atoms with van der Waals surface area (Å²) in [6.45, 7) is 3.66. The van der Waals surface area contributed by atoms with E-state index < -0.39 is 18.0 Å². The summed E-state index contributed by atoms with van der Waals surface area (Å²) in [5.74, 6) is -0.262.